The lowest BCUT2D eigenvalue weighted by Crippen LogP contribution is -2.48. The van der Waals surface area contributed by atoms with Gasteiger partial charge in [0.2, 0.25) is 5.91 Å². The summed E-state index contributed by atoms with van der Waals surface area (Å²) >= 11 is 0. The van der Waals surface area contributed by atoms with E-state index in [1.165, 1.54) is 0 Å². The number of carbonyl (C=O) groups is 1. The Balaban J connectivity index is 2.00. The summed E-state index contributed by atoms with van der Waals surface area (Å²) in [4.78, 5) is 11.6. The van der Waals surface area contributed by atoms with Crippen LogP contribution in [0.4, 0.5) is 0 Å². The number of nitrogens with one attached hydrogen (secondary N) is 2. The molecule has 1 saturated heterocycles. The predicted molar refractivity (Wildman–Crippen MR) is 65.7 cm³/mol. The Bertz CT molecular complexity index is 406. The number of rotatable bonds is 3. The minimum atomic E-state index is -0.124. The Hall–Kier alpha value is -1.55. The molecule has 1 aliphatic rings. The van der Waals surface area contributed by atoms with Crippen molar-refractivity contribution in [2.45, 2.75) is 31.8 Å². The molecule has 4 heteroatoms. The molecule has 0 bridgehead atoms. The predicted octanol–water partition coefficient (Wildman–Crippen LogP) is 1.32. The van der Waals surface area contributed by atoms with Gasteiger partial charge in [-0.25, -0.2) is 0 Å². The standard InChI is InChI=1S/C13H18N2O2/c1-9(10-4-2-5-11(16)8-10)15-12-6-3-7-14-13(12)17/h2,4-5,8-9,12,15-16H,3,6-7H2,1H3,(H,14,17). The van der Waals surface area contributed by atoms with E-state index in [0.717, 1.165) is 24.9 Å². The summed E-state index contributed by atoms with van der Waals surface area (Å²) < 4.78 is 0. The Morgan fingerprint density at radius 1 is 1.53 bits per heavy atom. The second-order valence-corrected chi connectivity index (χ2v) is 4.47. The molecule has 1 fully saturated rings. The van der Waals surface area contributed by atoms with E-state index in [9.17, 15) is 9.90 Å². The number of phenolic OH excluding ortho intramolecular Hbond substituents is 1. The molecule has 0 radical (unpaired) electrons. The van der Waals surface area contributed by atoms with E-state index in [2.05, 4.69) is 10.6 Å². The smallest absolute Gasteiger partial charge is 0.237 e. The molecule has 0 spiro atoms. The zero-order valence-corrected chi connectivity index (χ0v) is 9.94. The summed E-state index contributed by atoms with van der Waals surface area (Å²) in [6.45, 7) is 2.77. The maximum atomic E-state index is 11.6. The molecule has 1 heterocycles. The molecule has 2 atom stereocenters. The fraction of sp³-hybridized carbons (Fsp3) is 0.462. The maximum Gasteiger partial charge on any atom is 0.237 e. The highest BCUT2D eigenvalue weighted by Crippen LogP contribution is 2.19. The van der Waals surface area contributed by atoms with Crippen molar-refractivity contribution in [2.24, 2.45) is 0 Å². The van der Waals surface area contributed by atoms with E-state index < -0.39 is 0 Å². The number of hydrogen-bond donors (Lipinski definition) is 3. The largest absolute Gasteiger partial charge is 0.508 e. The molecule has 0 aliphatic carbocycles. The molecule has 92 valence electrons. The molecule has 0 aromatic heterocycles. The number of aromatic hydroxyl groups is 1. The number of phenols is 1. The van der Waals surface area contributed by atoms with Gasteiger partial charge in [-0.05, 0) is 37.5 Å². The first-order chi connectivity index (χ1) is 8.16. The van der Waals surface area contributed by atoms with Gasteiger partial charge < -0.3 is 10.4 Å². The van der Waals surface area contributed by atoms with Gasteiger partial charge >= 0.3 is 0 Å². The molecule has 1 aromatic carbocycles. The third kappa shape index (κ3) is 2.97. The normalized spacial score (nSPS) is 21.9. The minimum absolute atomic E-state index is 0.0518. The molecule has 3 N–H and O–H groups in total. The Morgan fingerprint density at radius 3 is 3.06 bits per heavy atom. The van der Waals surface area contributed by atoms with Crippen LogP contribution >= 0.6 is 0 Å². The summed E-state index contributed by atoms with van der Waals surface area (Å²) in [6.07, 6.45) is 1.88. The van der Waals surface area contributed by atoms with Crippen LogP contribution in [-0.2, 0) is 4.79 Å². The van der Waals surface area contributed by atoms with E-state index in [0.29, 0.717) is 0 Å². The van der Waals surface area contributed by atoms with E-state index in [1.54, 1.807) is 12.1 Å². The van der Waals surface area contributed by atoms with Gasteiger partial charge in [0.1, 0.15) is 5.75 Å². The number of amides is 1. The molecule has 1 aliphatic heterocycles. The third-order valence-corrected chi connectivity index (χ3v) is 3.11. The number of benzene rings is 1. The van der Waals surface area contributed by atoms with Gasteiger partial charge in [0.05, 0.1) is 6.04 Å². The van der Waals surface area contributed by atoms with Crippen LogP contribution in [0.2, 0.25) is 0 Å². The SMILES string of the molecule is CC(NC1CCCNC1=O)c1cccc(O)c1. The van der Waals surface area contributed by atoms with Gasteiger partial charge in [-0.2, -0.15) is 0 Å². The second kappa shape index (κ2) is 5.19. The topological polar surface area (TPSA) is 61.4 Å². The van der Waals surface area contributed by atoms with Crippen LogP contribution < -0.4 is 10.6 Å². The zero-order chi connectivity index (χ0) is 12.3. The van der Waals surface area contributed by atoms with Crippen molar-refractivity contribution in [2.75, 3.05) is 6.54 Å². The van der Waals surface area contributed by atoms with Gasteiger partial charge in [0.15, 0.2) is 0 Å². The van der Waals surface area contributed by atoms with Gasteiger partial charge in [-0.15, -0.1) is 0 Å². The fourth-order valence-electron chi connectivity index (χ4n) is 2.12. The van der Waals surface area contributed by atoms with Crippen molar-refractivity contribution in [3.63, 3.8) is 0 Å². The van der Waals surface area contributed by atoms with Gasteiger partial charge in [-0.3, -0.25) is 10.1 Å². The lowest BCUT2D eigenvalue weighted by Gasteiger charge is -2.26. The van der Waals surface area contributed by atoms with Crippen LogP contribution in [0.15, 0.2) is 24.3 Å². The molecule has 17 heavy (non-hydrogen) atoms. The van der Waals surface area contributed by atoms with Crippen molar-refractivity contribution in [3.8, 4) is 5.75 Å². The summed E-state index contributed by atoms with van der Waals surface area (Å²) in [5, 5.41) is 15.6. The lowest BCUT2D eigenvalue weighted by molar-refractivity contribution is -0.124. The molecule has 4 nitrogen and oxygen atoms in total. The Labute approximate surface area is 101 Å². The summed E-state index contributed by atoms with van der Waals surface area (Å²) in [5.74, 6) is 0.326. The van der Waals surface area contributed by atoms with Gasteiger partial charge in [0, 0.05) is 12.6 Å². The molecule has 0 saturated carbocycles. The average Bonchev–Trinajstić information content (AvgIpc) is 2.32. The van der Waals surface area contributed by atoms with Crippen LogP contribution in [0.1, 0.15) is 31.4 Å². The van der Waals surface area contributed by atoms with Gasteiger partial charge in [0.25, 0.3) is 0 Å². The molecule has 1 aromatic rings. The van der Waals surface area contributed by atoms with Crippen molar-refractivity contribution in [1.82, 2.24) is 10.6 Å². The minimum Gasteiger partial charge on any atom is -0.508 e. The second-order valence-electron chi connectivity index (χ2n) is 4.47. The highest BCUT2D eigenvalue weighted by molar-refractivity contribution is 5.82. The monoisotopic (exact) mass is 234 g/mol. The van der Waals surface area contributed by atoms with Crippen LogP contribution in [0.3, 0.4) is 0 Å². The first-order valence-corrected chi connectivity index (χ1v) is 5.99. The van der Waals surface area contributed by atoms with Crippen LogP contribution in [0.25, 0.3) is 0 Å². The van der Waals surface area contributed by atoms with Crippen LogP contribution in [0, 0.1) is 0 Å². The molecule has 1 amide bonds. The number of carbonyl (C=O) groups excluding carboxylic acids is 1. The van der Waals surface area contributed by atoms with E-state index in [4.69, 9.17) is 0 Å². The fourth-order valence-corrected chi connectivity index (χ4v) is 2.12. The van der Waals surface area contributed by atoms with E-state index >= 15 is 0 Å². The molecular weight excluding hydrogens is 216 g/mol. The number of hydrogen-bond acceptors (Lipinski definition) is 3. The van der Waals surface area contributed by atoms with E-state index in [-0.39, 0.29) is 23.7 Å². The lowest BCUT2D eigenvalue weighted by atomic mass is 10.0. The van der Waals surface area contributed by atoms with Gasteiger partial charge in [-0.1, -0.05) is 12.1 Å². The summed E-state index contributed by atoms with van der Waals surface area (Å²) in [7, 11) is 0. The molecule has 2 unspecified atom stereocenters. The quantitative estimate of drug-likeness (QED) is 0.739. The van der Waals surface area contributed by atoms with Crippen molar-refractivity contribution in [1.29, 1.82) is 0 Å². The van der Waals surface area contributed by atoms with Crippen LogP contribution in [0.5, 0.6) is 5.75 Å². The first kappa shape index (κ1) is 11.9. The van der Waals surface area contributed by atoms with Crippen molar-refractivity contribution >= 4 is 5.91 Å². The summed E-state index contributed by atoms with van der Waals surface area (Å²) in [5.41, 5.74) is 0.989. The summed E-state index contributed by atoms with van der Waals surface area (Å²) in [6, 6.07) is 7.04. The van der Waals surface area contributed by atoms with Crippen molar-refractivity contribution < 1.29 is 9.90 Å². The first-order valence-electron chi connectivity index (χ1n) is 5.99. The molecule has 2 rings (SSSR count). The van der Waals surface area contributed by atoms with Crippen molar-refractivity contribution in [3.05, 3.63) is 29.8 Å². The average molecular weight is 234 g/mol. The highest BCUT2D eigenvalue weighted by Gasteiger charge is 2.23. The Kier molecular flexibility index (Phi) is 3.64. The zero-order valence-electron chi connectivity index (χ0n) is 9.94. The van der Waals surface area contributed by atoms with Crippen LogP contribution in [-0.4, -0.2) is 23.6 Å². The maximum absolute atomic E-state index is 11.6. The van der Waals surface area contributed by atoms with E-state index in [1.807, 2.05) is 19.1 Å². The highest BCUT2D eigenvalue weighted by atomic mass is 16.3. The third-order valence-electron chi connectivity index (χ3n) is 3.11. The number of piperidine rings is 1. The molecular formula is C13H18N2O2. The Morgan fingerprint density at radius 2 is 2.35 bits per heavy atom.